The summed E-state index contributed by atoms with van der Waals surface area (Å²) in [6.45, 7) is -0.257. The van der Waals surface area contributed by atoms with E-state index >= 15 is 0 Å². The van der Waals surface area contributed by atoms with Gasteiger partial charge in [0.2, 0.25) is 11.8 Å². The Balaban J connectivity index is 1.65. The summed E-state index contributed by atoms with van der Waals surface area (Å²) in [7, 11) is 0. The zero-order valence-corrected chi connectivity index (χ0v) is 15.6. The van der Waals surface area contributed by atoms with Crippen molar-refractivity contribution in [3.63, 3.8) is 0 Å². The fraction of sp³-hybridized carbons (Fsp3) is 0.111. The normalized spacial score (nSPS) is 10.6. The third-order valence-electron chi connectivity index (χ3n) is 3.82. The van der Waals surface area contributed by atoms with Gasteiger partial charge in [-0.15, -0.1) is 0 Å². The highest BCUT2D eigenvalue weighted by Gasteiger charge is 2.12. The van der Waals surface area contributed by atoms with Gasteiger partial charge in [0.05, 0.1) is 29.4 Å². The van der Waals surface area contributed by atoms with E-state index in [2.05, 4.69) is 36.8 Å². The molecule has 8 nitrogen and oxygen atoms in total. The molecule has 0 unspecified atom stereocenters. The van der Waals surface area contributed by atoms with Crippen molar-refractivity contribution >= 4 is 44.2 Å². The topological polar surface area (TPSA) is 124 Å². The van der Waals surface area contributed by atoms with Gasteiger partial charge in [0.1, 0.15) is 0 Å². The Kier molecular flexibility index (Phi) is 5.51. The average molecular weight is 431 g/mol. The van der Waals surface area contributed by atoms with Gasteiger partial charge < -0.3 is 10.6 Å². The molecule has 0 saturated heterocycles. The first-order chi connectivity index (χ1) is 12.9. The van der Waals surface area contributed by atoms with Crippen molar-refractivity contribution in [1.29, 1.82) is 0 Å². The molecule has 2 aromatic carbocycles. The van der Waals surface area contributed by atoms with Crippen LogP contribution in [0.15, 0.2) is 56.5 Å². The Morgan fingerprint density at radius 2 is 1.63 bits per heavy atom. The van der Waals surface area contributed by atoms with Crippen molar-refractivity contribution in [1.82, 2.24) is 15.5 Å². The van der Waals surface area contributed by atoms with Gasteiger partial charge in [0.25, 0.3) is 11.1 Å². The second-order valence-corrected chi connectivity index (χ2v) is 6.68. The van der Waals surface area contributed by atoms with Gasteiger partial charge in [-0.2, -0.15) is 0 Å². The molecule has 0 fully saturated rings. The molecule has 0 bridgehead atoms. The minimum atomic E-state index is -0.528. The molecule has 0 saturated carbocycles. The number of hydrogen-bond acceptors (Lipinski definition) is 4. The molecule has 0 aliphatic heterocycles. The molecule has 3 aromatic rings. The molecule has 1 aromatic heterocycles. The predicted molar refractivity (Wildman–Crippen MR) is 105 cm³/mol. The van der Waals surface area contributed by atoms with Crippen molar-refractivity contribution in [2.24, 2.45) is 0 Å². The number of rotatable bonds is 5. The smallest absolute Gasteiger partial charge is 0.272 e. The first-order valence-electron chi connectivity index (χ1n) is 7.99. The van der Waals surface area contributed by atoms with E-state index in [9.17, 15) is 19.2 Å². The summed E-state index contributed by atoms with van der Waals surface area (Å²) in [5.41, 5.74) is 0.0196. The number of amides is 2. The molecule has 0 atom stereocenters. The minimum Gasteiger partial charge on any atom is -0.347 e. The average Bonchev–Trinajstić information content (AvgIpc) is 2.65. The van der Waals surface area contributed by atoms with Crippen LogP contribution in [-0.2, 0) is 16.0 Å². The highest BCUT2D eigenvalue weighted by atomic mass is 79.9. The van der Waals surface area contributed by atoms with Crippen LogP contribution in [0, 0.1) is 0 Å². The highest BCUT2D eigenvalue weighted by Crippen LogP contribution is 2.16. The van der Waals surface area contributed by atoms with Crippen LogP contribution >= 0.6 is 15.9 Å². The molecular formula is C18H15BrN4O4. The van der Waals surface area contributed by atoms with Crippen LogP contribution in [0.25, 0.3) is 10.8 Å². The van der Waals surface area contributed by atoms with E-state index in [0.29, 0.717) is 0 Å². The number of nitrogens with one attached hydrogen (secondary N) is 4. The summed E-state index contributed by atoms with van der Waals surface area (Å²) < 4.78 is 0.912. The van der Waals surface area contributed by atoms with Gasteiger partial charge in [-0.05, 0) is 29.8 Å². The molecule has 2 amide bonds. The summed E-state index contributed by atoms with van der Waals surface area (Å²) in [5.74, 6) is -0.814. The molecule has 0 aliphatic carbocycles. The zero-order chi connectivity index (χ0) is 19.4. The molecule has 0 aliphatic rings. The van der Waals surface area contributed by atoms with Crippen LogP contribution in [0.2, 0.25) is 0 Å². The van der Waals surface area contributed by atoms with Crippen molar-refractivity contribution in [2.45, 2.75) is 6.42 Å². The summed E-state index contributed by atoms with van der Waals surface area (Å²) in [4.78, 5) is 47.8. The Labute approximate surface area is 161 Å². The minimum absolute atomic E-state index is 0.0794. The van der Waals surface area contributed by atoms with Crippen molar-refractivity contribution in [3.8, 4) is 0 Å². The molecule has 3 rings (SSSR count). The monoisotopic (exact) mass is 430 g/mol. The third kappa shape index (κ3) is 4.50. The fourth-order valence-electron chi connectivity index (χ4n) is 2.56. The van der Waals surface area contributed by atoms with E-state index < -0.39 is 17.0 Å². The standard InChI is InChI=1S/C18H15BrN4O4/c19-11-6-4-10(5-7-11)8-14(24)20-9-15(25)21-13-3-1-2-12-16(13)18(27)23-22-17(12)26/h1-7H,8-9H2,(H,20,24)(H,21,25)(H,22,26)(H,23,27). The van der Waals surface area contributed by atoms with Crippen LogP contribution in [-0.4, -0.2) is 28.6 Å². The maximum Gasteiger partial charge on any atom is 0.272 e. The first kappa shape index (κ1) is 18.6. The van der Waals surface area contributed by atoms with Crippen LogP contribution in [0.1, 0.15) is 5.56 Å². The molecule has 4 N–H and O–H groups in total. The van der Waals surface area contributed by atoms with E-state index in [4.69, 9.17) is 0 Å². The second-order valence-electron chi connectivity index (χ2n) is 5.76. The largest absolute Gasteiger partial charge is 0.347 e. The number of halogens is 1. The number of H-pyrrole nitrogens is 2. The Bertz CT molecular complexity index is 1120. The van der Waals surface area contributed by atoms with E-state index in [-0.39, 0.29) is 35.3 Å². The Hall–Kier alpha value is -3.20. The first-order valence-corrected chi connectivity index (χ1v) is 8.78. The maximum absolute atomic E-state index is 12.1. The van der Waals surface area contributed by atoms with Crippen LogP contribution in [0.4, 0.5) is 5.69 Å². The summed E-state index contributed by atoms with van der Waals surface area (Å²) in [6.07, 6.45) is 0.143. The summed E-state index contributed by atoms with van der Waals surface area (Å²) >= 11 is 3.32. The summed E-state index contributed by atoms with van der Waals surface area (Å²) in [6, 6.07) is 11.8. The lowest BCUT2D eigenvalue weighted by Crippen LogP contribution is -2.34. The number of aromatic nitrogens is 2. The number of aromatic amines is 2. The predicted octanol–water partition coefficient (Wildman–Crippen LogP) is 1.28. The zero-order valence-electron chi connectivity index (χ0n) is 14.0. The van der Waals surface area contributed by atoms with E-state index in [1.54, 1.807) is 6.07 Å². The third-order valence-corrected chi connectivity index (χ3v) is 4.35. The van der Waals surface area contributed by atoms with Crippen LogP contribution in [0.5, 0.6) is 0 Å². The fourth-order valence-corrected chi connectivity index (χ4v) is 2.82. The van der Waals surface area contributed by atoms with Crippen LogP contribution < -0.4 is 21.8 Å². The number of carbonyl (C=O) groups excluding carboxylic acids is 2. The van der Waals surface area contributed by atoms with Gasteiger partial charge in [0.15, 0.2) is 0 Å². The number of carbonyl (C=O) groups is 2. The SMILES string of the molecule is O=C(Cc1ccc(Br)cc1)NCC(=O)Nc1cccc2c(=O)[nH][nH]c(=O)c12. The van der Waals surface area contributed by atoms with E-state index in [1.807, 2.05) is 24.3 Å². The number of benzene rings is 2. The van der Waals surface area contributed by atoms with Crippen molar-refractivity contribution < 1.29 is 9.59 Å². The molecular weight excluding hydrogens is 416 g/mol. The van der Waals surface area contributed by atoms with E-state index in [0.717, 1.165) is 10.0 Å². The lowest BCUT2D eigenvalue weighted by atomic mass is 10.1. The molecule has 0 radical (unpaired) electrons. The van der Waals surface area contributed by atoms with Crippen molar-refractivity contribution in [3.05, 3.63) is 73.2 Å². The number of hydrogen-bond donors (Lipinski definition) is 4. The number of anilines is 1. The van der Waals surface area contributed by atoms with Gasteiger partial charge >= 0.3 is 0 Å². The maximum atomic E-state index is 12.1. The molecule has 0 spiro atoms. The lowest BCUT2D eigenvalue weighted by molar-refractivity contribution is -0.123. The Morgan fingerprint density at radius 1 is 0.926 bits per heavy atom. The van der Waals surface area contributed by atoms with Gasteiger partial charge in [-0.25, -0.2) is 0 Å². The van der Waals surface area contributed by atoms with Gasteiger partial charge in [0, 0.05) is 4.47 Å². The molecule has 1 heterocycles. The lowest BCUT2D eigenvalue weighted by Gasteiger charge is -2.09. The second kappa shape index (κ2) is 8.00. The van der Waals surface area contributed by atoms with Gasteiger partial charge in [-0.3, -0.25) is 29.4 Å². The van der Waals surface area contributed by atoms with E-state index in [1.165, 1.54) is 12.1 Å². The van der Waals surface area contributed by atoms with Crippen molar-refractivity contribution in [2.75, 3.05) is 11.9 Å². The Morgan fingerprint density at radius 3 is 2.37 bits per heavy atom. The van der Waals surface area contributed by atoms with Crippen LogP contribution in [0.3, 0.4) is 0 Å². The quantitative estimate of drug-likeness (QED) is 0.486. The molecule has 138 valence electrons. The molecule has 9 heteroatoms. The highest BCUT2D eigenvalue weighted by molar-refractivity contribution is 9.10. The number of fused-ring (bicyclic) bond motifs is 1. The van der Waals surface area contributed by atoms with Gasteiger partial charge in [-0.1, -0.05) is 34.1 Å². The summed E-state index contributed by atoms with van der Waals surface area (Å²) in [5, 5.41) is 9.76. The molecule has 27 heavy (non-hydrogen) atoms.